The molecular weight excluding hydrogens is 154 g/mol. The van der Waals surface area contributed by atoms with E-state index < -0.39 is 5.60 Å². The highest BCUT2D eigenvalue weighted by Crippen LogP contribution is 2.25. The van der Waals surface area contributed by atoms with Crippen LogP contribution < -0.4 is 5.73 Å². The lowest BCUT2D eigenvalue weighted by atomic mass is 9.97. The summed E-state index contributed by atoms with van der Waals surface area (Å²) in [5.74, 6) is 0. The molecule has 1 heterocycles. The van der Waals surface area contributed by atoms with Crippen molar-refractivity contribution in [2.45, 2.75) is 50.9 Å². The highest BCUT2D eigenvalue weighted by atomic mass is 16.5. The zero-order chi connectivity index (χ0) is 9.19. The fraction of sp³-hybridized carbons (Fsp3) is 1.00. The third-order valence-corrected chi connectivity index (χ3v) is 2.43. The number of nitrogens with two attached hydrogens (primary N) is 1. The summed E-state index contributed by atoms with van der Waals surface area (Å²) in [7, 11) is 0. The largest absolute Gasteiger partial charge is 0.389 e. The van der Waals surface area contributed by atoms with E-state index in [2.05, 4.69) is 6.92 Å². The minimum absolute atomic E-state index is 0.207. The second-order valence-electron chi connectivity index (χ2n) is 4.05. The van der Waals surface area contributed by atoms with Crippen molar-refractivity contribution in [3.63, 3.8) is 0 Å². The molecular formula is C9H19NO2. The van der Waals surface area contributed by atoms with E-state index in [-0.39, 0.29) is 6.10 Å². The average molecular weight is 173 g/mol. The molecule has 0 aromatic rings. The molecule has 3 nitrogen and oxygen atoms in total. The van der Waals surface area contributed by atoms with Gasteiger partial charge in [0, 0.05) is 13.0 Å². The van der Waals surface area contributed by atoms with Gasteiger partial charge in [0.05, 0.1) is 17.8 Å². The smallest absolute Gasteiger partial charge is 0.0766 e. The summed E-state index contributed by atoms with van der Waals surface area (Å²) in [6, 6.07) is 0. The Bertz CT molecular complexity index is 147. The summed E-state index contributed by atoms with van der Waals surface area (Å²) >= 11 is 0. The van der Waals surface area contributed by atoms with Gasteiger partial charge in [-0.3, -0.25) is 0 Å². The molecule has 0 radical (unpaired) electrons. The predicted molar refractivity (Wildman–Crippen MR) is 47.9 cm³/mol. The first-order valence-electron chi connectivity index (χ1n) is 4.61. The van der Waals surface area contributed by atoms with Crippen molar-refractivity contribution in [2.75, 3.05) is 6.54 Å². The molecule has 3 heteroatoms. The molecule has 3 N–H and O–H groups in total. The van der Waals surface area contributed by atoms with E-state index in [4.69, 9.17) is 10.5 Å². The van der Waals surface area contributed by atoms with Crippen LogP contribution in [0.4, 0.5) is 0 Å². The molecule has 1 saturated heterocycles. The lowest BCUT2D eigenvalue weighted by Gasteiger charge is -2.24. The van der Waals surface area contributed by atoms with Crippen molar-refractivity contribution in [3.05, 3.63) is 0 Å². The summed E-state index contributed by atoms with van der Waals surface area (Å²) in [6.07, 6.45) is 3.37. The van der Waals surface area contributed by atoms with Gasteiger partial charge in [-0.25, -0.2) is 0 Å². The number of aliphatic hydroxyl groups is 1. The van der Waals surface area contributed by atoms with Crippen LogP contribution in [-0.4, -0.2) is 29.5 Å². The summed E-state index contributed by atoms with van der Waals surface area (Å²) in [5, 5.41) is 9.66. The molecule has 0 spiro atoms. The second-order valence-corrected chi connectivity index (χ2v) is 4.05. The topological polar surface area (TPSA) is 55.5 Å². The number of hydrogen-bond donors (Lipinski definition) is 2. The van der Waals surface area contributed by atoms with Gasteiger partial charge in [0.1, 0.15) is 0 Å². The fourth-order valence-electron chi connectivity index (χ4n) is 1.61. The molecule has 0 bridgehead atoms. The third kappa shape index (κ3) is 2.73. The first kappa shape index (κ1) is 9.96. The first-order valence-corrected chi connectivity index (χ1v) is 4.61. The Labute approximate surface area is 73.9 Å². The minimum Gasteiger partial charge on any atom is -0.389 e. The Hall–Kier alpha value is -0.120. The normalized spacial score (nSPS) is 35.0. The fourth-order valence-corrected chi connectivity index (χ4v) is 1.61. The van der Waals surface area contributed by atoms with Gasteiger partial charge >= 0.3 is 0 Å². The van der Waals surface area contributed by atoms with Gasteiger partial charge in [0.15, 0.2) is 0 Å². The molecule has 3 unspecified atom stereocenters. The molecule has 0 aromatic heterocycles. The number of hydrogen-bond acceptors (Lipinski definition) is 3. The van der Waals surface area contributed by atoms with Crippen LogP contribution in [0.1, 0.15) is 33.1 Å². The van der Waals surface area contributed by atoms with Crippen molar-refractivity contribution >= 4 is 0 Å². The maximum Gasteiger partial charge on any atom is 0.0766 e. The molecule has 1 rings (SSSR count). The SMILES string of the molecule is CC1CCC(CC(C)(O)CN)O1. The maximum atomic E-state index is 9.66. The van der Waals surface area contributed by atoms with Gasteiger partial charge in [-0.05, 0) is 26.7 Å². The van der Waals surface area contributed by atoms with Crippen LogP contribution in [0.15, 0.2) is 0 Å². The molecule has 1 fully saturated rings. The van der Waals surface area contributed by atoms with Crippen LogP contribution >= 0.6 is 0 Å². The van der Waals surface area contributed by atoms with Crippen molar-refractivity contribution in [1.82, 2.24) is 0 Å². The predicted octanol–water partition coefficient (Wildman–Crippen LogP) is 0.654. The van der Waals surface area contributed by atoms with Crippen LogP contribution in [0.2, 0.25) is 0 Å². The number of ether oxygens (including phenoxy) is 1. The quantitative estimate of drug-likeness (QED) is 0.659. The number of rotatable bonds is 3. The van der Waals surface area contributed by atoms with E-state index >= 15 is 0 Å². The zero-order valence-electron chi connectivity index (χ0n) is 7.92. The van der Waals surface area contributed by atoms with Crippen molar-refractivity contribution < 1.29 is 9.84 Å². The maximum absolute atomic E-state index is 9.66. The first-order chi connectivity index (χ1) is 5.53. The molecule has 12 heavy (non-hydrogen) atoms. The van der Waals surface area contributed by atoms with Crippen LogP contribution in [0.5, 0.6) is 0 Å². The highest BCUT2D eigenvalue weighted by molar-refractivity contribution is 4.81. The third-order valence-electron chi connectivity index (χ3n) is 2.43. The Morgan fingerprint density at radius 1 is 1.58 bits per heavy atom. The summed E-state index contributed by atoms with van der Waals surface area (Å²) in [5.41, 5.74) is 4.66. The molecule has 3 atom stereocenters. The van der Waals surface area contributed by atoms with Crippen molar-refractivity contribution in [2.24, 2.45) is 5.73 Å². The van der Waals surface area contributed by atoms with Gasteiger partial charge in [-0.2, -0.15) is 0 Å². The van der Waals surface area contributed by atoms with Crippen molar-refractivity contribution in [3.8, 4) is 0 Å². The van der Waals surface area contributed by atoms with Gasteiger partial charge < -0.3 is 15.6 Å². The van der Waals surface area contributed by atoms with E-state index in [1.807, 2.05) is 0 Å². The minimum atomic E-state index is -0.755. The van der Waals surface area contributed by atoms with Crippen LogP contribution in [0.25, 0.3) is 0 Å². The van der Waals surface area contributed by atoms with E-state index in [0.29, 0.717) is 19.1 Å². The highest BCUT2D eigenvalue weighted by Gasteiger charge is 2.29. The van der Waals surface area contributed by atoms with Crippen LogP contribution in [0, 0.1) is 0 Å². The molecule has 1 aliphatic heterocycles. The summed E-state index contributed by atoms with van der Waals surface area (Å²) < 4.78 is 5.58. The molecule has 1 aliphatic rings. The van der Waals surface area contributed by atoms with E-state index in [1.54, 1.807) is 6.92 Å². The Balaban J connectivity index is 2.32. The molecule has 0 saturated carbocycles. The molecule has 0 aromatic carbocycles. The van der Waals surface area contributed by atoms with Crippen molar-refractivity contribution in [1.29, 1.82) is 0 Å². The average Bonchev–Trinajstić information content (AvgIpc) is 2.35. The summed E-state index contributed by atoms with van der Waals surface area (Å²) in [6.45, 7) is 4.14. The Morgan fingerprint density at radius 3 is 2.67 bits per heavy atom. The van der Waals surface area contributed by atoms with Crippen LogP contribution in [-0.2, 0) is 4.74 Å². The summed E-state index contributed by atoms with van der Waals surface area (Å²) in [4.78, 5) is 0. The lowest BCUT2D eigenvalue weighted by molar-refractivity contribution is -0.0189. The van der Waals surface area contributed by atoms with E-state index in [0.717, 1.165) is 12.8 Å². The molecule has 0 aliphatic carbocycles. The van der Waals surface area contributed by atoms with Gasteiger partial charge in [-0.15, -0.1) is 0 Å². The zero-order valence-corrected chi connectivity index (χ0v) is 7.92. The monoisotopic (exact) mass is 173 g/mol. The second kappa shape index (κ2) is 3.73. The van der Waals surface area contributed by atoms with E-state index in [1.165, 1.54) is 0 Å². The lowest BCUT2D eigenvalue weighted by Crippen LogP contribution is -2.37. The standard InChI is InChI=1S/C9H19NO2/c1-7-3-4-8(12-7)5-9(2,11)6-10/h7-8,11H,3-6,10H2,1-2H3. The molecule has 0 amide bonds. The molecule has 72 valence electrons. The Morgan fingerprint density at radius 2 is 2.25 bits per heavy atom. The van der Waals surface area contributed by atoms with Crippen LogP contribution in [0.3, 0.4) is 0 Å². The van der Waals surface area contributed by atoms with E-state index in [9.17, 15) is 5.11 Å². The van der Waals surface area contributed by atoms with Gasteiger partial charge in [0.25, 0.3) is 0 Å². The van der Waals surface area contributed by atoms with Gasteiger partial charge in [-0.1, -0.05) is 0 Å². The van der Waals surface area contributed by atoms with Gasteiger partial charge in [0.2, 0.25) is 0 Å². The Kier molecular flexibility index (Phi) is 3.09.